The highest BCUT2D eigenvalue weighted by molar-refractivity contribution is 6.31. The average Bonchev–Trinajstić information content (AvgIpc) is 2.59. The summed E-state index contributed by atoms with van der Waals surface area (Å²) in [6, 6.07) is 12.1. The Balaban J connectivity index is 2.12. The Labute approximate surface area is 149 Å². The summed E-state index contributed by atoms with van der Waals surface area (Å²) in [5.41, 5.74) is 4.50. The number of aryl methyl sites for hydroxylation is 3. The Morgan fingerprint density at radius 1 is 1.17 bits per heavy atom. The maximum atomic E-state index is 11.6. The van der Waals surface area contributed by atoms with Crippen molar-refractivity contribution in [3.05, 3.63) is 63.7 Å². The van der Waals surface area contributed by atoms with Gasteiger partial charge in [-0.2, -0.15) is 0 Å². The third-order valence-corrected chi connectivity index (χ3v) is 4.66. The number of carbonyl (C=O) groups excluding carboxylic acids is 1. The first-order valence-corrected chi connectivity index (χ1v) is 8.93. The van der Waals surface area contributed by atoms with Crippen LogP contribution in [0.2, 0.25) is 5.02 Å². The maximum absolute atomic E-state index is 11.6. The number of hydrogen-bond acceptors (Lipinski definition) is 2. The van der Waals surface area contributed by atoms with Crippen molar-refractivity contribution >= 4 is 17.4 Å². The van der Waals surface area contributed by atoms with E-state index in [0.29, 0.717) is 30.9 Å². The lowest BCUT2D eigenvalue weighted by Crippen LogP contribution is -2.05. The van der Waals surface area contributed by atoms with Crippen molar-refractivity contribution in [3.8, 4) is 5.75 Å². The van der Waals surface area contributed by atoms with Gasteiger partial charge in [0, 0.05) is 23.4 Å². The molecule has 24 heavy (non-hydrogen) atoms. The number of hydrogen-bond donors (Lipinski definition) is 0. The summed E-state index contributed by atoms with van der Waals surface area (Å²) in [4.78, 5) is 11.6. The molecule has 0 aliphatic heterocycles. The molecule has 0 heterocycles. The van der Waals surface area contributed by atoms with Gasteiger partial charge in [-0.1, -0.05) is 49.7 Å². The van der Waals surface area contributed by atoms with E-state index in [1.807, 2.05) is 31.2 Å². The quantitative estimate of drug-likeness (QED) is 0.613. The van der Waals surface area contributed by atoms with E-state index >= 15 is 0 Å². The van der Waals surface area contributed by atoms with Crippen molar-refractivity contribution < 1.29 is 9.53 Å². The summed E-state index contributed by atoms with van der Waals surface area (Å²) in [5.74, 6) is 1.15. The fourth-order valence-corrected chi connectivity index (χ4v) is 2.94. The second kappa shape index (κ2) is 8.89. The molecule has 3 heteroatoms. The van der Waals surface area contributed by atoms with E-state index < -0.39 is 0 Å². The smallest absolute Gasteiger partial charge is 0.132 e. The lowest BCUT2D eigenvalue weighted by atomic mass is 10.0. The van der Waals surface area contributed by atoms with Crippen LogP contribution >= 0.6 is 11.6 Å². The minimum atomic E-state index is 0.271. The molecular formula is C21H25ClO2. The molecule has 0 spiro atoms. The Hall–Kier alpha value is -1.80. The molecule has 128 valence electrons. The molecule has 2 rings (SSSR count). The minimum Gasteiger partial charge on any atom is -0.489 e. The maximum Gasteiger partial charge on any atom is 0.132 e. The van der Waals surface area contributed by atoms with Gasteiger partial charge < -0.3 is 4.74 Å². The van der Waals surface area contributed by atoms with Crippen molar-refractivity contribution in [2.24, 2.45) is 0 Å². The predicted molar refractivity (Wildman–Crippen MR) is 100.0 cm³/mol. The van der Waals surface area contributed by atoms with Crippen molar-refractivity contribution in [2.75, 3.05) is 0 Å². The lowest BCUT2D eigenvalue weighted by Gasteiger charge is -2.14. The molecule has 0 amide bonds. The van der Waals surface area contributed by atoms with E-state index in [0.717, 1.165) is 28.9 Å². The van der Waals surface area contributed by atoms with Gasteiger partial charge in [0.05, 0.1) is 0 Å². The topological polar surface area (TPSA) is 26.3 Å². The molecule has 0 atom stereocenters. The molecule has 0 unspecified atom stereocenters. The minimum absolute atomic E-state index is 0.271. The van der Waals surface area contributed by atoms with Crippen LogP contribution in [-0.4, -0.2) is 5.78 Å². The Bertz CT molecular complexity index is 707. The molecule has 2 nitrogen and oxygen atoms in total. The Morgan fingerprint density at radius 2 is 1.96 bits per heavy atom. The number of ether oxygens (including phenoxy) is 1. The van der Waals surface area contributed by atoms with Crippen LogP contribution in [0.5, 0.6) is 5.75 Å². The van der Waals surface area contributed by atoms with E-state index in [9.17, 15) is 4.79 Å². The average molecular weight is 345 g/mol. The zero-order valence-corrected chi connectivity index (χ0v) is 15.5. The largest absolute Gasteiger partial charge is 0.489 e. The van der Waals surface area contributed by atoms with Crippen molar-refractivity contribution in [2.45, 2.75) is 53.1 Å². The second-order valence-electron chi connectivity index (χ2n) is 6.01. The first-order chi connectivity index (χ1) is 11.5. The predicted octanol–water partition coefficient (Wildman–Crippen LogP) is 5.70. The summed E-state index contributed by atoms with van der Waals surface area (Å²) in [6.45, 7) is 6.51. The molecule has 0 aliphatic carbocycles. The van der Waals surface area contributed by atoms with Gasteiger partial charge in [-0.05, 0) is 48.6 Å². The first kappa shape index (κ1) is 18.5. The molecule has 0 N–H and O–H groups in total. The molecule has 0 bridgehead atoms. The number of halogens is 1. The monoisotopic (exact) mass is 344 g/mol. The summed E-state index contributed by atoms with van der Waals surface area (Å²) in [6.07, 6.45) is 2.85. The van der Waals surface area contributed by atoms with Gasteiger partial charge in [0.1, 0.15) is 18.1 Å². The molecule has 0 aliphatic rings. The zero-order chi connectivity index (χ0) is 17.5. The molecule has 0 fully saturated rings. The highest BCUT2D eigenvalue weighted by Gasteiger charge is 2.10. The molecule has 0 radical (unpaired) electrons. The molecule has 0 saturated heterocycles. The van der Waals surface area contributed by atoms with Crippen LogP contribution in [0.25, 0.3) is 0 Å². The fraction of sp³-hybridized carbons (Fsp3) is 0.381. The summed E-state index contributed by atoms with van der Waals surface area (Å²) in [7, 11) is 0. The molecule has 0 aromatic heterocycles. The Kier molecular flexibility index (Phi) is 6.86. The van der Waals surface area contributed by atoms with Crippen LogP contribution < -0.4 is 4.74 Å². The van der Waals surface area contributed by atoms with Gasteiger partial charge in [0.25, 0.3) is 0 Å². The fourth-order valence-electron chi connectivity index (χ4n) is 2.69. The molecule has 2 aromatic carbocycles. The highest BCUT2D eigenvalue weighted by Crippen LogP contribution is 2.26. The van der Waals surface area contributed by atoms with E-state index in [-0.39, 0.29) is 5.78 Å². The number of benzene rings is 2. The van der Waals surface area contributed by atoms with Crippen LogP contribution in [0.4, 0.5) is 0 Å². The van der Waals surface area contributed by atoms with Gasteiger partial charge in [-0.25, -0.2) is 0 Å². The summed E-state index contributed by atoms with van der Waals surface area (Å²) < 4.78 is 6.01. The van der Waals surface area contributed by atoms with E-state index in [1.54, 1.807) is 0 Å². The Morgan fingerprint density at radius 3 is 2.62 bits per heavy atom. The second-order valence-corrected chi connectivity index (χ2v) is 6.42. The third kappa shape index (κ3) is 4.85. The van der Waals surface area contributed by atoms with Crippen LogP contribution in [0.15, 0.2) is 36.4 Å². The van der Waals surface area contributed by atoms with Crippen LogP contribution in [-0.2, 0) is 24.2 Å². The highest BCUT2D eigenvalue weighted by atomic mass is 35.5. The zero-order valence-electron chi connectivity index (χ0n) is 14.7. The number of ketones is 1. The van der Waals surface area contributed by atoms with Crippen LogP contribution in [0.3, 0.4) is 0 Å². The van der Waals surface area contributed by atoms with Gasteiger partial charge >= 0.3 is 0 Å². The van der Waals surface area contributed by atoms with Crippen LogP contribution in [0.1, 0.15) is 48.9 Å². The number of Topliss-reactive ketones (excluding diaryl/α,β-unsaturated/α-hetero) is 1. The van der Waals surface area contributed by atoms with E-state index in [1.165, 1.54) is 5.56 Å². The number of rotatable bonds is 8. The standard InChI is InChI=1S/C21H25ClO2/c1-4-16-9-12-21(15(3)13-16)24-14-19-17(7-6-8-20(19)22)10-11-18(23)5-2/h6-9,12-13H,4-5,10-11,14H2,1-3H3. The van der Waals surface area contributed by atoms with Gasteiger partial charge in [-0.15, -0.1) is 0 Å². The lowest BCUT2D eigenvalue weighted by molar-refractivity contribution is -0.118. The van der Waals surface area contributed by atoms with Crippen LogP contribution in [0, 0.1) is 6.92 Å². The van der Waals surface area contributed by atoms with Crippen molar-refractivity contribution in [1.29, 1.82) is 0 Å². The number of carbonyl (C=O) groups is 1. The SMILES string of the molecule is CCC(=O)CCc1cccc(Cl)c1COc1ccc(CC)cc1C. The van der Waals surface area contributed by atoms with Gasteiger partial charge in [0.2, 0.25) is 0 Å². The van der Waals surface area contributed by atoms with Crippen molar-refractivity contribution in [3.63, 3.8) is 0 Å². The molecule has 2 aromatic rings. The normalized spacial score (nSPS) is 10.7. The molecule has 0 saturated carbocycles. The van der Waals surface area contributed by atoms with Crippen molar-refractivity contribution in [1.82, 2.24) is 0 Å². The van der Waals surface area contributed by atoms with Gasteiger partial charge in [-0.3, -0.25) is 4.79 Å². The first-order valence-electron chi connectivity index (χ1n) is 8.55. The molecular weight excluding hydrogens is 320 g/mol. The summed E-state index contributed by atoms with van der Waals surface area (Å²) in [5, 5.41) is 0.694. The van der Waals surface area contributed by atoms with E-state index in [2.05, 4.69) is 26.0 Å². The van der Waals surface area contributed by atoms with E-state index in [4.69, 9.17) is 16.3 Å². The summed E-state index contributed by atoms with van der Waals surface area (Å²) >= 11 is 6.37. The van der Waals surface area contributed by atoms with Gasteiger partial charge in [0.15, 0.2) is 0 Å². The third-order valence-electron chi connectivity index (χ3n) is 4.30.